The maximum absolute atomic E-state index is 10.5. The predicted molar refractivity (Wildman–Crippen MR) is 59.3 cm³/mol. The van der Waals surface area contributed by atoms with Gasteiger partial charge in [0.2, 0.25) is 0 Å². The Labute approximate surface area is 91.8 Å². The molecular weight excluding hydrogens is 210 g/mol. The predicted octanol–water partition coefficient (Wildman–Crippen LogP) is 3.34. The zero-order valence-corrected chi connectivity index (χ0v) is 9.38. The molecule has 0 spiro atoms. The Bertz CT molecular complexity index is 470. The average Bonchev–Trinajstić information content (AvgIpc) is 2.86. The number of rotatable bonds is 3. The van der Waals surface area contributed by atoms with Crippen LogP contribution < -0.4 is 0 Å². The first-order valence-corrected chi connectivity index (χ1v) is 5.59. The van der Waals surface area contributed by atoms with E-state index in [1.54, 1.807) is 12.1 Å². The van der Waals surface area contributed by atoms with E-state index in [0.29, 0.717) is 23.7 Å². The summed E-state index contributed by atoms with van der Waals surface area (Å²) in [5.74, 6) is 1.41. The second-order valence-electron chi connectivity index (χ2n) is 3.55. The highest BCUT2D eigenvalue weighted by Crippen LogP contribution is 2.27. The quantitative estimate of drug-likeness (QED) is 0.746. The molecule has 2 heterocycles. The molecule has 0 amide bonds. The van der Waals surface area contributed by atoms with Crippen LogP contribution in [-0.2, 0) is 0 Å². The summed E-state index contributed by atoms with van der Waals surface area (Å²) in [7, 11) is 0. The molecule has 2 aromatic heterocycles. The SMILES string of the molecule is CC(C)c1csc(-c2ccc(C=O)o2)n1. The molecule has 0 N–H and O–H groups in total. The van der Waals surface area contributed by atoms with Gasteiger partial charge in [-0.1, -0.05) is 13.8 Å². The van der Waals surface area contributed by atoms with Crippen molar-refractivity contribution in [2.24, 2.45) is 0 Å². The molecule has 2 aromatic rings. The van der Waals surface area contributed by atoms with E-state index in [0.717, 1.165) is 10.7 Å². The summed E-state index contributed by atoms with van der Waals surface area (Å²) in [6.45, 7) is 4.19. The van der Waals surface area contributed by atoms with Crippen molar-refractivity contribution in [3.05, 3.63) is 29.0 Å². The molecule has 0 aromatic carbocycles. The molecule has 0 aliphatic heterocycles. The molecule has 2 rings (SSSR count). The summed E-state index contributed by atoms with van der Waals surface area (Å²) < 4.78 is 5.29. The monoisotopic (exact) mass is 221 g/mol. The molecule has 0 radical (unpaired) electrons. The molecule has 0 unspecified atom stereocenters. The number of aldehydes is 1. The van der Waals surface area contributed by atoms with Gasteiger partial charge in [-0.05, 0) is 18.1 Å². The zero-order valence-electron chi connectivity index (χ0n) is 8.56. The minimum Gasteiger partial charge on any atom is -0.451 e. The Morgan fingerprint density at radius 3 is 2.80 bits per heavy atom. The molecule has 15 heavy (non-hydrogen) atoms. The number of hydrogen-bond acceptors (Lipinski definition) is 4. The standard InChI is InChI=1S/C11H11NO2S/c1-7(2)9-6-15-11(12-9)10-4-3-8(5-13)14-10/h3-7H,1-2H3. The van der Waals surface area contributed by atoms with E-state index in [4.69, 9.17) is 4.42 Å². The molecule has 0 saturated carbocycles. The fraction of sp³-hybridized carbons (Fsp3) is 0.273. The maximum atomic E-state index is 10.5. The second-order valence-corrected chi connectivity index (χ2v) is 4.41. The molecule has 0 aliphatic rings. The summed E-state index contributed by atoms with van der Waals surface area (Å²) >= 11 is 1.53. The number of furan rings is 1. The lowest BCUT2D eigenvalue weighted by Crippen LogP contribution is -1.86. The first-order chi connectivity index (χ1) is 7.20. The van der Waals surface area contributed by atoms with E-state index in [1.807, 2.05) is 5.38 Å². The van der Waals surface area contributed by atoms with Gasteiger partial charge in [0.1, 0.15) is 0 Å². The molecule has 0 saturated heterocycles. The summed E-state index contributed by atoms with van der Waals surface area (Å²) in [6, 6.07) is 3.42. The molecule has 0 fully saturated rings. The van der Waals surface area contributed by atoms with Crippen molar-refractivity contribution < 1.29 is 9.21 Å². The van der Waals surface area contributed by atoms with Gasteiger partial charge in [-0.3, -0.25) is 4.79 Å². The largest absolute Gasteiger partial charge is 0.451 e. The fourth-order valence-corrected chi connectivity index (χ4v) is 2.14. The molecule has 4 heteroatoms. The number of hydrogen-bond donors (Lipinski definition) is 0. The minimum absolute atomic E-state index is 0.339. The molecule has 3 nitrogen and oxygen atoms in total. The van der Waals surface area contributed by atoms with E-state index in [-0.39, 0.29) is 0 Å². The van der Waals surface area contributed by atoms with E-state index in [9.17, 15) is 4.79 Å². The maximum Gasteiger partial charge on any atom is 0.185 e. The van der Waals surface area contributed by atoms with Crippen molar-refractivity contribution in [3.8, 4) is 10.8 Å². The number of thiazole rings is 1. The summed E-state index contributed by atoms with van der Waals surface area (Å²) in [6.07, 6.45) is 0.695. The first kappa shape index (κ1) is 10.1. The van der Waals surface area contributed by atoms with E-state index < -0.39 is 0 Å². The smallest absolute Gasteiger partial charge is 0.185 e. The normalized spacial score (nSPS) is 10.9. The van der Waals surface area contributed by atoms with Crippen LogP contribution in [0.1, 0.15) is 36.0 Å². The Morgan fingerprint density at radius 2 is 2.27 bits per heavy atom. The number of nitrogens with zero attached hydrogens (tertiary/aromatic N) is 1. The zero-order chi connectivity index (χ0) is 10.8. The van der Waals surface area contributed by atoms with Crippen molar-refractivity contribution in [1.29, 1.82) is 0 Å². The Kier molecular flexibility index (Phi) is 2.68. The van der Waals surface area contributed by atoms with Gasteiger partial charge in [0.15, 0.2) is 22.8 Å². The summed E-state index contributed by atoms with van der Waals surface area (Å²) in [5.41, 5.74) is 1.05. The van der Waals surface area contributed by atoms with Crippen LogP contribution in [0.4, 0.5) is 0 Å². The summed E-state index contributed by atoms with van der Waals surface area (Å²) in [4.78, 5) is 14.9. The van der Waals surface area contributed by atoms with Crippen LogP contribution in [0.25, 0.3) is 10.8 Å². The first-order valence-electron chi connectivity index (χ1n) is 4.71. The van der Waals surface area contributed by atoms with Gasteiger partial charge in [-0.2, -0.15) is 0 Å². The van der Waals surface area contributed by atoms with Crippen LogP contribution in [0.5, 0.6) is 0 Å². The third-order valence-corrected chi connectivity index (χ3v) is 2.94. The van der Waals surface area contributed by atoms with Crippen LogP contribution in [0.15, 0.2) is 21.9 Å². The fourth-order valence-electron chi connectivity index (χ4n) is 1.20. The molecule has 0 bridgehead atoms. The van der Waals surface area contributed by atoms with Gasteiger partial charge in [0, 0.05) is 5.38 Å². The minimum atomic E-state index is 0.339. The van der Waals surface area contributed by atoms with Gasteiger partial charge in [-0.25, -0.2) is 4.98 Å². The van der Waals surface area contributed by atoms with Crippen LogP contribution in [0.3, 0.4) is 0 Å². The Balaban J connectivity index is 2.32. The van der Waals surface area contributed by atoms with Crippen molar-refractivity contribution >= 4 is 17.6 Å². The third kappa shape index (κ3) is 1.99. The van der Waals surface area contributed by atoms with Crippen molar-refractivity contribution in [3.63, 3.8) is 0 Å². The number of aromatic nitrogens is 1. The van der Waals surface area contributed by atoms with E-state index in [1.165, 1.54) is 11.3 Å². The van der Waals surface area contributed by atoms with E-state index in [2.05, 4.69) is 18.8 Å². The van der Waals surface area contributed by atoms with Gasteiger partial charge in [0.25, 0.3) is 0 Å². The lowest BCUT2D eigenvalue weighted by Gasteiger charge is -1.96. The number of carbonyl (C=O) groups is 1. The van der Waals surface area contributed by atoms with Crippen molar-refractivity contribution in [2.45, 2.75) is 19.8 Å². The highest BCUT2D eigenvalue weighted by molar-refractivity contribution is 7.13. The van der Waals surface area contributed by atoms with Gasteiger partial charge in [0.05, 0.1) is 5.69 Å². The van der Waals surface area contributed by atoms with Crippen molar-refractivity contribution in [1.82, 2.24) is 4.98 Å². The van der Waals surface area contributed by atoms with E-state index >= 15 is 0 Å². The van der Waals surface area contributed by atoms with Gasteiger partial charge < -0.3 is 4.42 Å². The Morgan fingerprint density at radius 1 is 1.47 bits per heavy atom. The van der Waals surface area contributed by atoms with Gasteiger partial charge >= 0.3 is 0 Å². The highest BCUT2D eigenvalue weighted by Gasteiger charge is 2.10. The lowest BCUT2D eigenvalue weighted by atomic mass is 10.2. The lowest BCUT2D eigenvalue weighted by molar-refractivity contribution is 0.110. The molecule has 0 aliphatic carbocycles. The molecule has 0 atom stereocenters. The van der Waals surface area contributed by atoms with Gasteiger partial charge in [-0.15, -0.1) is 11.3 Å². The topological polar surface area (TPSA) is 43.1 Å². The van der Waals surface area contributed by atoms with Crippen LogP contribution in [0, 0.1) is 0 Å². The second kappa shape index (κ2) is 3.98. The molecule has 78 valence electrons. The average molecular weight is 221 g/mol. The van der Waals surface area contributed by atoms with Crippen LogP contribution in [0.2, 0.25) is 0 Å². The van der Waals surface area contributed by atoms with Crippen LogP contribution in [-0.4, -0.2) is 11.3 Å². The molecular formula is C11H11NO2S. The van der Waals surface area contributed by atoms with Crippen LogP contribution >= 0.6 is 11.3 Å². The Hall–Kier alpha value is -1.42. The number of carbonyl (C=O) groups excluding carboxylic acids is 1. The third-order valence-electron chi connectivity index (χ3n) is 2.07. The van der Waals surface area contributed by atoms with Crippen molar-refractivity contribution in [2.75, 3.05) is 0 Å². The highest BCUT2D eigenvalue weighted by atomic mass is 32.1. The summed E-state index contributed by atoms with van der Waals surface area (Å²) in [5, 5.41) is 2.84.